The second-order valence-corrected chi connectivity index (χ2v) is 16.2. The van der Waals surface area contributed by atoms with E-state index in [0.717, 1.165) is 98.6 Å². The van der Waals surface area contributed by atoms with Gasteiger partial charge in [0, 0.05) is 57.8 Å². The average molecular weight is 794 g/mol. The van der Waals surface area contributed by atoms with Gasteiger partial charge in [-0.2, -0.15) is 15.4 Å². The Morgan fingerprint density at radius 1 is 0.683 bits per heavy atom. The lowest BCUT2D eigenvalue weighted by molar-refractivity contribution is -0.198. The SMILES string of the molecule is c1c[nH]c(C2(N3CCCCC3)C(c3ccnnn3)OC(c3cccc4c3[nH]c3ccccc34)(N3CCOCC3)C2(c2ccc3ccccc3n2)c2cccc3n[nH]nc23)c1. The summed E-state index contributed by atoms with van der Waals surface area (Å²) in [5.74, 6) is 0. The normalized spacial score (nSPS) is 25.5. The molecule has 4 aromatic carbocycles. The van der Waals surface area contributed by atoms with Crippen LogP contribution in [-0.2, 0) is 26.2 Å². The van der Waals surface area contributed by atoms with E-state index in [0.29, 0.717) is 32.0 Å². The summed E-state index contributed by atoms with van der Waals surface area (Å²) in [5.41, 5.74) is 5.13. The minimum Gasteiger partial charge on any atom is -0.379 e. The Hall–Kier alpha value is -6.38. The Balaban J connectivity index is 1.37. The molecular formula is C47H43N11O2. The van der Waals surface area contributed by atoms with Gasteiger partial charge in [0.2, 0.25) is 0 Å². The van der Waals surface area contributed by atoms with Crippen molar-refractivity contribution in [3.8, 4) is 0 Å². The molecule has 0 saturated carbocycles. The minimum atomic E-state index is -1.34. The van der Waals surface area contributed by atoms with E-state index in [-0.39, 0.29) is 0 Å². The van der Waals surface area contributed by atoms with Crippen molar-refractivity contribution in [2.45, 2.75) is 42.0 Å². The molecule has 13 heteroatoms. The number of hydrogen-bond donors (Lipinski definition) is 3. The van der Waals surface area contributed by atoms with Crippen LogP contribution < -0.4 is 0 Å². The molecule has 3 fully saturated rings. The Morgan fingerprint density at radius 2 is 1.50 bits per heavy atom. The molecule has 0 spiro atoms. The number of piperidine rings is 1. The zero-order valence-electron chi connectivity index (χ0n) is 33.0. The monoisotopic (exact) mass is 793 g/mol. The Bertz CT molecular complexity index is 2990. The predicted molar refractivity (Wildman–Crippen MR) is 228 cm³/mol. The van der Waals surface area contributed by atoms with E-state index in [1.165, 1.54) is 0 Å². The number of aromatic amines is 3. The maximum absolute atomic E-state index is 8.48. The molecule has 3 saturated heterocycles. The van der Waals surface area contributed by atoms with Crippen molar-refractivity contribution >= 4 is 43.7 Å². The highest BCUT2D eigenvalue weighted by Gasteiger charge is 2.81. The van der Waals surface area contributed by atoms with E-state index < -0.39 is 22.8 Å². The predicted octanol–water partition coefficient (Wildman–Crippen LogP) is 7.28. The van der Waals surface area contributed by atoms with Crippen molar-refractivity contribution in [2.75, 3.05) is 39.4 Å². The fourth-order valence-corrected chi connectivity index (χ4v) is 11.3. The Labute approximate surface area is 345 Å². The number of hydrogen-bond acceptors (Lipinski definition) is 10. The zero-order valence-corrected chi connectivity index (χ0v) is 33.0. The molecule has 3 aliphatic heterocycles. The summed E-state index contributed by atoms with van der Waals surface area (Å²) in [6, 6.07) is 40.6. The average Bonchev–Trinajstić information content (AvgIpc) is 4.15. The third-order valence-corrected chi connectivity index (χ3v) is 13.5. The summed E-state index contributed by atoms with van der Waals surface area (Å²) in [6.45, 7) is 3.80. The zero-order chi connectivity index (χ0) is 39.7. The number of nitrogens with one attached hydrogen (secondary N) is 3. The van der Waals surface area contributed by atoms with Gasteiger partial charge in [0.15, 0.2) is 5.72 Å². The second-order valence-electron chi connectivity index (χ2n) is 16.2. The van der Waals surface area contributed by atoms with Gasteiger partial charge in [0.25, 0.3) is 0 Å². The first-order valence-corrected chi connectivity index (χ1v) is 20.9. The number of para-hydroxylation sites is 4. The highest BCUT2D eigenvalue weighted by Crippen LogP contribution is 2.73. The van der Waals surface area contributed by atoms with Gasteiger partial charge in [-0.15, -0.1) is 10.2 Å². The number of nitrogens with zero attached hydrogens (tertiary/aromatic N) is 8. The second kappa shape index (κ2) is 13.8. The van der Waals surface area contributed by atoms with Crippen LogP contribution in [0.3, 0.4) is 0 Å². The first-order chi connectivity index (χ1) is 29.7. The van der Waals surface area contributed by atoms with E-state index in [9.17, 15) is 0 Å². The molecule has 12 rings (SSSR count). The molecule has 4 atom stereocenters. The number of fused-ring (bicyclic) bond motifs is 5. The van der Waals surface area contributed by atoms with Gasteiger partial charge in [0.05, 0.1) is 41.8 Å². The molecule has 0 bridgehead atoms. The molecule has 0 amide bonds. The number of aromatic nitrogens is 9. The number of likely N-dealkylation sites (tertiary alicyclic amines) is 1. The molecule has 0 radical (unpaired) electrons. The van der Waals surface area contributed by atoms with Gasteiger partial charge in [-0.05, 0) is 73.6 Å². The molecule has 3 aliphatic rings. The molecule has 13 nitrogen and oxygen atoms in total. The largest absolute Gasteiger partial charge is 0.379 e. The van der Waals surface area contributed by atoms with E-state index in [2.05, 4.69) is 138 Å². The molecule has 298 valence electrons. The molecule has 0 aliphatic carbocycles. The Kier molecular flexibility index (Phi) is 8.21. The van der Waals surface area contributed by atoms with Crippen LogP contribution >= 0.6 is 0 Å². The molecule has 4 unspecified atom stereocenters. The number of H-pyrrole nitrogens is 3. The van der Waals surface area contributed by atoms with Gasteiger partial charge in [-0.1, -0.05) is 79.2 Å². The van der Waals surface area contributed by atoms with Crippen molar-refractivity contribution in [2.24, 2.45) is 0 Å². The summed E-state index contributed by atoms with van der Waals surface area (Å²) < 4.78 is 14.7. The van der Waals surface area contributed by atoms with Gasteiger partial charge in [-0.3, -0.25) is 14.8 Å². The number of ether oxygens (including phenoxy) is 2. The molecule has 8 heterocycles. The number of benzene rings is 4. The topological polar surface area (TPSA) is 150 Å². The highest BCUT2D eigenvalue weighted by molar-refractivity contribution is 6.08. The van der Waals surface area contributed by atoms with Gasteiger partial charge >= 0.3 is 0 Å². The Morgan fingerprint density at radius 3 is 2.37 bits per heavy atom. The van der Waals surface area contributed by atoms with Crippen LogP contribution in [0.1, 0.15) is 53.6 Å². The summed E-state index contributed by atoms with van der Waals surface area (Å²) in [5, 5.41) is 29.5. The first kappa shape index (κ1) is 35.6. The third-order valence-electron chi connectivity index (χ3n) is 13.5. The van der Waals surface area contributed by atoms with E-state index in [1.807, 2.05) is 18.3 Å². The fourth-order valence-electron chi connectivity index (χ4n) is 11.3. The van der Waals surface area contributed by atoms with Crippen LogP contribution in [0.25, 0.3) is 43.7 Å². The van der Waals surface area contributed by atoms with Crippen LogP contribution in [0.15, 0.2) is 128 Å². The summed E-state index contributed by atoms with van der Waals surface area (Å²) >= 11 is 0. The van der Waals surface area contributed by atoms with Crippen molar-refractivity contribution in [1.82, 2.24) is 55.6 Å². The van der Waals surface area contributed by atoms with Gasteiger partial charge in [0.1, 0.15) is 28.1 Å². The van der Waals surface area contributed by atoms with Crippen molar-refractivity contribution < 1.29 is 9.47 Å². The highest BCUT2D eigenvalue weighted by atomic mass is 16.5. The van der Waals surface area contributed by atoms with E-state index in [4.69, 9.17) is 29.8 Å². The maximum atomic E-state index is 8.48. The molecular weight excluding hydrogens is 751 g/mol. The number of pyridine rings is 1. The van der Waals surface area contributed by atoms with Crippen LogP contribution in [0.5, 0.6) is 0 Å². The lowest BCUT2D eigenvalue weighted by Gasteiger charge is -2.59. The van der Waals surface area contributed by atoms with Crippen molar-refractivity contribution in [3.05, 3.63) is 156 Å². The third kappa shape index (κ3) is 4.76. The first-order valence-electron chi connectivity index (χ1n) is 20.9. The molecule has 5 aromatic heterocycles. The van der Waals surface area contributed by atoms with Gasteiger partial charge < -0.3 is 19.4 Å². The lowest BCUT2D eigenvalue weighted by Crippen LogP contribution is -2.70. The number of morpholine rings is 1. The quantitative estimate of drug-likeness (QED) is 0.150. The minimum absolute atomic E-state index is 0.516. The maximum Gasteiger partial charge on any atom is 0.168 e. The van der Waals surface area contributed by atoms with E-state index in [1.54, 1.807) is 6.20 Å². The van der Waals surface area contributed by atoms with Crippen LogP contribution in [0, 0.1) is 0 Å². The van der Waals surface area contributed by atoms with Gasteiger partial charge in [-0.25, -0.2) is 0 Å². The van der Waals surface area contributed by atoms with Crippen LogP contribution in [0.2, 0.25) is 0 Å². The number of rotatable bonds is 7. The molecule has 3 N–H and O–H groups in total. The van der Waals surface area contributed by atoms with Crippen LogP contribution in [-0.4, -0.2) is 95.0 Å². The van der Waals surface area contributed by atoms with Crippen LogP contribution in [0.4, 0.5) is 0 Å². The summed E-state index contributed by atoms with van der Waals surface area (Å²) in [7, 11) is 0. The standard InChI is InChI=1S/C47H43N11O2/c1-6-25-57(26-7-1)46(41-19-10-23-48-41)44(39-22-24-49-55-53-39)60-47(58-27-29-59-30-28-58,35-15-8-13-33-32-12-3-5-17-37(32)51-42(33)35)45(46,34-14-9-18-38-43(34)54-56-52-38)40-21-20-31-11-2-4-16-36(31)50-40/h2-5,8-24,44,48,51H,1,6-7,25-30H2,(H,52,54,56). The lowest BCUT2D eigenvalue weighted by atomic mass is 9.53. The summed E-state index contributed by atoms with van der Waals surface area (Å²) in [4.78, 5) is 18.8. The molecule has 60 heavy (non-hydrogen) atoms. The van der Waals surface area contributed by atoms with E-state index >= 15 is 0 Å². The van der Waals surface area contributed by atoms with Crippen molar-refractivity contribution in [3.63, 3.8) is 0 Å². The summed E-state index contributed by atoms with van der Waals surface area (Å²) in [6.07, 6.45) is 6.16. The fraction of sp³-hybridized carbons (Fsp3) is 0.277. The molecule has 9 aromatic rings. The van der Waals surface area contributed by atoms with Crippen molar-refractivity contribution in [1.29, 1.82) is 0 Å². The smallest absolute Gasteiger partial charge is 0.168 e.